The van der Waals surface area contributed by atoms with Crippen molar-refractivity contribution in [2.24, 2.45) is 0 Å². The maximum Gasteiger partial charge on any atom is 0.222 e. The normalized spacial score (nSPS) is 15.8. The number of benzene rings is 2. The zero-order valence-electron chi connectivity index (χ0n) is 20.6. The maximum atomic E-state index is 13.7. The molecule has 0 heterocycles. The molecule has 2 aromatic rings. The Labute approximate surface area is 205 Å². The molecule has 190 valence electrons. The van der Waals surface area contributed by atoms with E-state index in [0.29, 0.717) is 5.56 Å². The third-order valence-electron chi connectivity index (χ3n) is 6.54. The molecule has 3 rings (SSSR count). The second kappa shape index (κ2) is 11.7. The standard InChI is InChI=1S/C27H35F2N3O3/c1-4-18-6-5-7-20(12-18)27(10-11-27)30-17-24(33)23(15-19-13-21(28)16-22(29)14-19)31-25(34)8-9-26(35)32(2)3/h5-7,12-14,16,23-24,30,33H,4,8-11,15,17H2,1-3H3,(H,31,34)/t23-,24+/m0/s1. The highest BCUT2D eigenvalue weighted by Gasteiger charge is 2.44. The Morgan fingerprint density at radius 1 is 1.06 bits per heavy atom. The number of aliphatic hydroxyl groups is 1. The summed E-state index contributed by atoms with van der Waals surface area (Å²) in [5, 5.41) is 17.2. The van der Waals surface area contributed by atoms with Crippen LogP contribution in [0.15, 0.2) is 42.5 Å². The van der Waals surface area contributed by atoms with E-state index in [2.05, 4.69) is 35.8 Å². The Bertz CT molecular complexity index is 1020. The molecule has 35 heavy (non-hydrogen) atoms. The fourth-order valence-corrected chi connectivity index (χ4v) is 4.21. The van der Waals surface area contributed by atoms with Crippen molar-refractivity contribution in [1.82, 2.24) is 15.5 Å². The lowest BCUT2D eigenvalue weighted by molar-refractivity contribution is -0.131. The number of halogens is 2. The van der Waals surface area contributed by atoms with Gasteiger partial charge in [-0.25, -0.2) is 8.78 Å². The molecule has 1 saturated carbocycles. The van der Waals surface area contributed by atoms with Gasteiger partial charge >= 0.3 is 0 Å². The molecule has 0 radical (unpaired) electrons. The SMILES string of the molecule is CCc1cccc(C2(NC[C@@H](O)[C@H](Cc3cc(F)cc(F)c3)NC(=O)CCC(=O)N(C)C)CC2)c1. The van der Waals surface area contributed by atoms with Crippen molar-refractivity contribution in [1.29, 1.82) is 0 Å². The fourth-order valence-electron chi connectivity index (χ4n) is 4.21. The second-order valence-electron chi connectivity index (χ2n) is 9.53. The molecule has 1 aliphatic rings. The molecule has 0 aromatic heterocycles. The van der Waals surface area contributed by atoms with E-state index in [-0.39, 0.29) is 37.3 Å². The Kier molecular flexibility index (Phi) is 8.97. The van der Waals surface area contributed by atoms with E-state index in [1.54, 1.807) is 14.1 Å². The zero-order chi connectivity index (χ0) is 25.6. The molecule has 0 unspecified atom stereocenters. The first-order chi connectivity index (χ1) is 16.6. The van der Waals surface area contributed by atoms with Gasteiger partial charge in [0.2, 0.25) is 11.8 Å². The molecule has 2 atom stereocenters. The summed E-state index contributed by atoms with van der Waals surface area (Å²) in [5.74, 6) is -2.03. The Hall–Kier alpha value is -2.84. The van der Waals surface area contributed by atoms with Crippen LogP contribution in [0.1, 0.15) is 49.3 Å². The van der Waals surface area contributed by atoms with Crippen LogP contribution < -0.4 is 10.6 Å². The van der Waals surface area contributed by atoms with Gasteiger partial charge in [0.15, 0.2) is 0 Å². The number of nitrogens with zero attached hydrogens (tertiary/aromatic N) is 1. The number of nitrogens with one attached hydrogen (secondary N) is 2. The molecular weight excluding hydrogens is 452 g/mol. The van der Waals surface area contributed by atoms with Crippen molar-refractivity contribution in [2.45, 2.75) is 63.1 Å². The van der Waals surface area contributed by atoms with Gasteiger partial charge in [-0.1, -0.05) is 31.2 Å². The van der Waals surface area contributed by atoms with Crippen molar-refractivity contribution in [2.75, 3.05) is 20.6 Å². The molecular formula is C27H35F2N3O3. The third-order valence-corrected chi connectivity index (χ3v) is 6.54. The van der Waals surface area contributed by atoms with Crippen LogP contribution in [-0.2, 0) is 28.0 Å². The van der Waals surface area contributed by atoms with Crippen molar-refractivity contribution in [3.8, 4) is 0 Å². The average molecular weight is 488 g/mol. The predicted molar refractivity (Wildman–Crippen MR) is 131 cm³/mol. The van der Waals surface area contributed by atoms with Gasteiger partial charge in [-0.05, 0) is 54.5 Å². The van der Waals surface area contributed by atoms with E-state index < -0.39 is 29.7 Å². The van der Waals surface area contributed by atoms with Gasteiger partial charge in [0.1, 0.15) is 11.6 Å². The van der Waals surface area contributed by atoms with E-state index in [0.717, 1.165) is 25.3 Å². The topological polar surface area (TPSA) is 81.7 Å². The van der Waals surface area contributed by atoms with Crippen LogP contribution in [0.25, 0.3) is 0 Å². The van der Waals surface area contributed by atoms with Crippen molar-refractivity contribution in [3.05, 3.63) is 70.8 Å². The lowest BCUT2D eigenvalue weighted by Crippen LogP contribution is -2.50. The molecule has 0 aliphatic heterocycles. The Balaban J connectivity index is 1.69. The number of rotatable bonds is 12. The maximum absolute atomic E-state index is 13.7. The van der Waals surface area contributed by atoms with Crippen LogP contribution in [0.2, 0.25) is 0 Å². The summed E-state index contributed by atoms with van der Waals surface area (Å²) in [6.45, 7) is 2.29. The predicted octanol–water partition coefficient (Wildman–Crippen LogP) is 3.06. The third kappa shape index (κ3) is 7.57. The summed E-state index contributed by atoms with van der Waals surface area (Å²) in [7, 11) is 3.22. The first kappa shape index (κ1) is 26.8. The van der Waals surface area contributed by atoms with Crippen LogP contribution in [-0.4, -0.2) is 54.6 Å². The molecule has 0 spiro atoms. The molecule has 6 nitrogen and oxygen atoms in total. The van der Waals surface area contributed by atoms with Gasteiger partial charge in [0.25, 0.3) is 0 Å². The monoisotopic (exact) mass is 487 g/mol. The summed E-state index contributed by atoms with van der Waals surface area (Å²) >= 11 is 0. The summed E-state index contributed by atoms with van der Waals surface area (Å²) in [4.78, 5) is 25.8. The highest BCUT2D eigenvalue weighted by Crippen LogP contribution is 2.45. The lowest BCUT2D eigenvalue weighted by atomic mass is 9.98. The number of aliphatic hydroxyl groups excluding tert-OH is 1. The van der Waals surface area contributed by atoms with Gasteiger partial charge in [-0.3, -0.25) is 9.59 Å². The smallest absolute Gasteiger partial charge is 0.222 e. The number of hydrogen-bond acceptors (Lipinski definition) is 4. The summed E-state index contributed by atoms with van der Waals surface area (Å²) < 4.78 is 27.5. The summed E-state index contributed by atoms with van der Waals surface area (Å²) in [6.07, 6.45) is 1.83. The molecule has 1 fully saturated rings. The quantitative estimate of drug-likeness (QED) is 0.430. The largest absolute Gasteiger partial charge is 0.390 e. The minimum atomic E-state index is -1.01. The number of hydrogen-bond donors (Lipinski definition) is 3. The zero-order valence-corrected chi connectivity index (χ0v) is 20.6. The Morgan fingerprint density at radius 3 is 2.34 bits per heavy atom. The summed E-state index contributed by atoms with van der Waals surface area (Å²) in [5.41, 5.74) is 2.51. The van der Waals surface area contributed by atoms with Crippen LogP contribution in [0.4, 0.5) is 8.78 Å². The fraction of sp³-hybridized carbons (Fsp3) is 0.481. The molecule has 8 heteroatoms. The van der Waals surface area contributed by atoms with Crippen LogP contribution in [0, 0.1) is 11.6 Å². The molecule has 0 bridgehead atoms. The number of carbonyl (C=O) groups excluding carboxylic acids is 2. The minimum Gasteiger partial charge on any atom is -0.390 e. The van der Waals surface area contributed by atoms with Gasteiger partial charge < -0.3 is 20.6 Å². The minimum absolute atomic E-state index is 0.0331. The number of amides is 2. The van der Waals surface area contributed by atoms with Gasteiger partial charge in [0.05, 0.1) is 12.1 Å². The second-order valence-corrected chi connectivity index (χ2v) is 9.53. The van der Waals surface area contributed by atoms with E-state index >= 15 is 0 Å². The van der Waals surface area contributed by atoms with Crippen molar-refractivity contribution in [3.63, 3.8) is 0 Å². The molecule has 2 amide bonds. The van der Waals surface area contributed by atoms with Gasteiger partial charge in [-0.2, -0.15) is 0 Å². The highest BCUT2D eigenvalue weighted by molar-refractivity contribution is 5.83. The number of carbonyl (C=O) groups is 2. The Morgan fingerprint density at radius 2 is 1.74 bits per heavy atom. The molecule has 3 N–H and O–H groups in total. The van der Waals surface area contributed by atoms with Crippen molar-refractivity contribution < 1.29 is 23.5 Å². The molecule has 2 aromatic carbocycles. The van der Waals surface area contributed by atoms with Gasteiger partial charge in [0, 0.05) is 45.1 Å². The molecule has 0 saturated heterocycles. The van der Waals surface area contributed by atoms with Crippen molar-refractivity contribution >= 4 is 11.8 Å². The van der Waals surface area contributed by atoms with E-state index in [1.165, 1.54) is 28.2 Å². The molecule has 1 aliphatic carbocycles. The van der Waals surface area contributed by atoms with Crippen LogP contribution in [0.3, 0.4) is 0 Å². The number of aryl methyl sites for hydroxylation is 1. The summed E-state index contributed by atoms with van der Waals surface area (Å²) in [6, 6.07) is 10.7. The van der Waals surface area contributed by atoms with E-state index in [4.69, 9.17) is 0 Å². The van der Waals surface area contributed by atoms with E-state index in [1.807, 2.05) is 6.07 Å². The first-order valence-corrected chi connectivity index (χ1v) is 12.1. The van der Waals surface area contributed by atoms with E-state index in [9.17, 15) is 23.5 Å². The highest BCUT2D eigenvalue weighted by atomic mass is 19.1. The first-order valence-electron chi connectivity index (χ1n) is 12.1. The average Bonchev–Trinajstić information content (AvgIpc) is 3.61. The van der Waals surface area contributed by atoms with Crippen LogP contribution in [0.5, 0.6) is 0 Å². The van der Waals surface area contributed by atoms with Gasteiger partial charge in [-0.15, -0.1) is 0 Å². The van der Waals surface area contributed by atoms with Crippen LogP contribution >= 0.6 is 0 Å². The lowest BCUT2D eigenvalue weighted by Gasteiger charge is -2.27.